The summed E-state index contributed by atoms with van der Waals surface area (Å²) < 4.78 is 38.7. The van der Waals surface area contributed by atoms with Crippen LogP contribution < -0.4 is 9.62 Å². The molecule has 1 amide bonds. The van der Waals surface area contributed by atoms with Gasteiger partial charge >= 0.3 is 0 Å². The molecule has 7 heteroatoms. The number of nitrogens with zero attached hydrogens (tertiary/aromatic N) is 1. The molecule has 2 aromatic rings. The summed E-state index contributed by atoms with van der Waals surface area (Å²) in [6, 6.07) is 10.6. The molecule has 0 saturated heterocycles. The monoisotopic (exact) mass is 392 g/mol. The third kappa shape index (κ3) is 5.79. The van der Waals surface area contributed by atoms with Crippen molar-refractivity contribution in [3.63, 3.8) is 0 Å². The Hall–Kier alpha value is -2.41. The van der Waals surface area contributed by atoms with E-state index in [2.05, 4.69) is 5.32 Å². The van der Waals surface area contributed by atoms with Crippen molar-refractivity contribution in [3.05, 3.63) is 65.0 Å². The van der Waals surface area contributed by atoms with E-state index < -0.39 is 16.1 Å². The molecular weight excluding hydrogens is 367 g/mol. The topological polar surface area (TPSA) is 66.5 Å². The molecule has 0 aromatic heterocycles. The zero-order valence-electron chi connectivity index (χ0n) is 16.0. The molecule has 0 aliphatic heterocycles. The first-order chi connectivity index (χ1) is 12.6. The molecule has 5 nitrogen and oxygen atoms in total. The Labute approximate surface area is 160 Å². The first kappa shape index (κ1) is 20.9. The van der Waals surface area contributed by atoms with Crippen LogP contribution in [0.2, 0.25) is 0 Å². The minimum Gasteiger partial charge on any atom is -0.354 e. The number of carbonyl (C=O) groups is 1. The largest absolute Gasteiger partial charge is 0.354 e. The molecule has 146 valence electrons. The van der Waals surface area contributed by atoms with E-state index in [0.29, 0.717) is 18.7 Å². The molecule has 0 spiro atoms. The molecule has 1 atom stereocenters. The van der Waals surface area contributed by atoms with Gasteiger partial charge in [-0.1, -0.05) is 18.2 Å². The number of benzene rings is 2. The van der Waals surface area contributed by atoms with Crippen LogP contribution in [0.15, 0.2) is 42.5 Å². The van der Waals surface area contributed by atoms with Crippen LogP contribution >= 0.6 is 0 Å². The minimum absolute atomic E-state index is 0.311. The predicted molar refractivity (Wildman–Crippen MR) is 106 cm³/mol. The van der Waals surface area contributed by atoms with Crippen LogP contribution in [0.25, 0.3) is 0 Å². The highest BCUT2D eigenvalue weighted by Crippen LogP contribution is 2.23. The van der Waals surface area contributed by atoms with Crippen molar-refractivity contribution in [1.29, 1.82) is 0 Å². The number of aryl methyl sites for hydroxylation is 2. The number of hydrogen-bond acceptors (Lipinski definition) is 3. The zero-order valence-corrected chi connectivity index (χ0v) is 16.8. The van der Waals surface area contributed by atoms with Gasteiger partial charge in [0.25, 0.3) is 0 Å². The minimum atomic E-state index is -3.65. The average Bonchev–Trinajstić information content (AvgIpc) is 2.54. The van der Waals surface area contributed by atoms with Crippen LogP contribution in [0.3, 0.4) is 0 Å². The number of anilines is 1. The van der Waals surface area contributed by atoms with E-state index >= 15 is 0 Å². The fourth-order valence-electron chi connectivity index (χ4n) is 3.02. The number of halogens is 1. The summed E-state index contributed by atoms with van der Waals surface area (Å²) in [5.41, 5.74) is 3.19. The Bertz CT molecular complexity index is 891. The lowest BCUT2D eigenvalue weighted by molar-refractivity contribution is -0.121. The van der Waals surface area contributed by atoms with E-state index in [1.54, 1.807) is 31.2 Å². The maximum atomic E-state index is 12.9. The van der Waals surface area contributed by atoms with Crippen molar-refractivity contribution in [2.24, 2.45) is 0 Å². The average molecular weight is 392 g/mol. The molecule has 0 radical (unpaired) electrons. The molecule has 1 N–H and O–H groups in total. The van der Waals surface area contributed by atoms with Crippen LogP contribution in [0.5, 0.6) is 0 Å². The molecule has 27 heavy (non-hydrogen) atoms. The van der Waals surface area contributed by atoms with Gasteiger partial charge < -0.3 is 5.32 Å². The molecule has 0 aliphatic rings. The smallest absolute Gasteiger partial charge is 0.243 e. The van der Waals surface area contributed by atoms with Gasteiger partial charge in [0, 0.05) is 6.54 Å². The molecule has 0 saturated carbocycles. The van der Waals surface area contributed by atoms with Gasteiger partial charge in [0.05, 0.1) is 11.9 Å². The Kier molecular flexibility index (Phi) is 6.59. The third-order valence-electron chi connectivity index (χ3n) is 4.18. The second-order valence-corrected chi connectivity index (χ2v) is 8.61. The lowest BCUT2D eigenvalue weighted by Gasteiger charge is -2.28. The van der Waals surface area contributed by atoms with Crippen LogP contribution in [0.1, 0.15) is 23.6 Å². The van der Waals surface area contributed by atoms with Crippen molar-refractivity contribution in [2.75, 3.05) is 17.1 Å². The number of nitrogens with one attached hydrogen (secondary N) is 1. The van der Waals surface area contributed by atoms with Crippen LogP contribution in [-0.2, 0) is 21.2 Å². The highest BCUT2D eigenvalue weighted by Gasteiger charge is 2.29. The first-order valence-electron chi connectivity index (χ1n) is 8.68. The standard InChI is InChI=1S/C20H25FN2O3S/c1-14-11-15(2)13-19(12-14)23(27(4,25)26)16(3)20(24)22-10-9-17-5-7-18(21)8-6-17/h5-8,11-13,16H,9-10H2,1-4H3,(H,22,24)/t16-/m0/s1. The van der Waals surface area contributed by atoms with Gasteiger partial charge in [-0.05, 0) is 68.1 Å². The van der Waals surface area contributed by atoms with Crippen LogP contribution in [-0.4, -0.2) is 33.2 Å². The second-order valence-electron chi connectivity index (χ2n) is 6.75. The maximum absolute atomic E-state index is 12.9. The summed E-state index contributed by atoms with van der Waals surface area (Å²) in [7, 11) is -3.65. The van der Waals surface area contributed by atoms with E-state index in [1.807, 2.05) is 19.9 Å². The van der Waals surface area contributed by atoms with E-state index in [9.17, 15) is 17.6 Å². The maximum Gasteiger partial charge on any atom is 0.243 e. The molecule has 0 fully saturated rings. The quantitative estimate of drug-likeness (QED) is 0.788. The van der Waals surface area contributed by atoms with Gasteiger partial charge in [0.1, 0.15) is 11.9 Å². The van der Waals surface area contributed by atoms with E-state index in [4.69, 9.17) is 0 Å². The summed E-state index contributed by atoms with van der Waals surface area (Å²) in [5, 5.41) is 2.76. The number of hydrogen-bond donors (Lipinski definition) is 1. The highest BCUT2D eigenvalue weighted by molar-refractivity contribution is 7.92. The Morgan fingerprint density at radius 2 is 1.67 bits per heavy atom. The molecule has 0 heterocycles. The van der Waals surface area contributed by atoms with Gasteiger partial charge in [0.2, 0.25) is 15.9 Å². The highest BCUT2D eigenvalue weighted by atomic mass is 32.2. The van der Waals surface area contributed by atoms with Gasteiger partial charge in [-0.2, -0.15) is 0 Å². The second kappa shape index (κ2) is 8.52. The lowest BCUT2D eigenvalue weighted by atomic mass is 10.1. The van der Waals surface area contributed by atoms with Crippen molar-refractivity contribution in [2.45, 2.75) is 33.2 Å². The summed E-state index contributed by atoms with van der Waals surface area (Å²) in [6.45, 7) is 5.65. The summed E-state index contributed by atoms with van der Waals surface area (Å²) >= 11 is 0. The first-order valence-corrected chi connectivity index (χ1v) is 10.5. The Balaban J connectivity index is 2.11. The number of amides is 1. The SMILES string of the molecule is Cc1cc(C)cc(N([C@@H](C)C(=O)NCCc2ccc(F)cc2)S(C)(=O)=O)c1. The summed E-state index contributed by atoms with van der Waals surface area (Å²) in [4.78, 5) is 12.5. The molecule has 2 aromatic carbocycles. The van der Waals surface area contributed by atoms with E-state index in [-0.39, 0.29) is 11.7 Å². The molecule has 2 rings (SSSR count). The van der Waals surface area contributed by atoms with Crippen molar-refractivity contribution in [1.82, 2.24) is 5.32 Å². The number of rotatable bonds is 7. The molecule has 0 aliphatic carbocycles. The molecule has 0 unspecified atom stereocenters. The van der Waals surface area contributed by atoms with Crippen molar-refractivity contribution in [3.8, 4) is 0 Å². The normalized spacial score (nSPS) is 12.5. The summed E-state index contributed by atoms with van der Waals surface area (Å²) in [5.74, 6) is -0.699. The van der Waals surface area contributed by atoms with E-state index in [1.165, 1.54) is 12.1 Å². The fourth-order valence-corrected chi connectivity index (χ4v) is 4.17. The van der Waals surface area contributed by atoms with Gasteiger partial charge in [0.15, 0.2) is 0 Å². The zero-order chi connectivity index (χ0) is 20.2. The Morgan fingerprint density at radius 3 is 2.19 bits per heavy atom. The molecule has 0 bridgehead atoms. The van der Waals surface area contributed by atoms with Gasteiger partial charge in [-0.15, -0.1) is 0 Å². The van der Waals surface area contributed by atoms with Crippen LogP contribution in [0.4, 0.5) is 10.1 Å². The van der Waals surface area contributed by atoms with E-state index in [0.717, 1.165) is 27.3 Å². The summed E-state index contributed by atoms with van der Waals surface area (Å²) in [6.07, 6.45) is 1.62. The third-order valence-corrected chi connectivity index (χ3v) is 5.42. The predicted octanol–water partition coefficient (Wildman–Crippen LogP) is 2.96. The van der Waals surface area contributed by atoms with Crippen LogP contribution in [0, 0.1) is 19.7 Å². The number of carbonyl (C=O) groups excluding carboxylic acids is 1. The van der Waals surface area contributed by atoms with Crippen molar-refractivity contribution < 1.29 is 17.6 Å². The lowest BCUT2D eigenvalue weighted by Crippen LogP contribution is -2.48. The van der Waals surface area contributed by atoms with Crippen molar-refractivity contribution >= 4 is 21.6 Å². The Morgan fingerprint density at radius 1 is 1.11 bits per heavy atom. The van der Waals surface area contributed by atoms with Gasteiger partial charge in [-0.3, -0.25) is 9.10 Å². The van der Waals surface area contributed by atoms with Gasteiger partial charge in [-0.25, -0.2) is 12.8 Å². The fraction of sp³-hybridized carbons (Fsp3) is 0.350. The molecular formula is C20H25FN2O3S. The number of sulfonamides is 1.